The first-order valence-electron chi connectivity index (χ1n) is 10.7. The van der Waals surface area contributed by atoms with Crippen LogP contribution in [0.1, 0.15) is 35.5 Å². The SMILES string of the molecule is C[C@H]1N=C(c2ccccn2)c2cc(C#C[Si](C)(C)C)ccc2-n2cnc(-c3ccco3)c21. The Bertz CT molecular complexity index is 1370. The molecule has 32 heavy (non-hydrogen) atoms. The Labute approximate surface area is 188 Å². The fourth-order valence-corrected chi connectivity index (χ4v) is 4.38. The molecule has 0 radical (unpaired) electrons. The summed E-state index contributed by atoms with van der Waals surface area (Å²) in [5.41, 5.74) is 9.97. The monoisotopic (exact) mass is 436 g/mol. The summed E-state index contributed by atoms with van der Waals surface area (Å²) in [6.45, 7) is 8.83. The van der Waals surface area contributed by atoms with Crippen LogP contribution in [0.4, 0.5) is 0 Å². The van der Waals surface area contributed by atoms with Crippen molar-refractivity contribution < 1.29 is 4.42 Å². The van der Waals surface area contributed by atoms with Crippen molar-refractivity contribution in [2.75, 3.05) is 0 Å². The van der Waals surface area contributed by atoms with E-state index in [9.17, 15) is 0 Å². The zero-order valence-electron chi connectivity index (χ0n) is 18.6. The van der Waals surface area contributed by atoms with Crippen molar-refractivity contribution in [1.29, 1.82) is 0 Å². The molecule has 158 valence electrons. The van der Waals surface area contributed by atoms with Crippen LogP contribution in [0.15, 0.2) is 76.7 Å². The maximum Gasteiger partial charge on any atom is 0.154 e. The molecule has 0 bridgehead atoms. The van der Waals surface area contributed by atoms with Gasteiger partial charge in [-0.3, -0.25) is 14.5 Å². The van der Waals surface area contributed by atoms with Gasteiger partial charge in [0, 0.05) is 17.3 Å². The zero-order chi connectivity index (χ0) is 22.3. The standard InChI is InChI=1S/C26H24N4OSi/c1-18-26-25(23-9-7-14-31-23)28-17-30(26)22-11-10-19(12-15-32(2,3)4)16-20(22)24(29-18)21-8-5-6-13-27-21/h5-11,13-14,16-18H,1-4H3/t18-/m1/s1. The Morgan fingerprint density at radius 3 is 2.62 bits per heavy atom. The first-order chi connectivity index (χ1) is 15.4. The molecule has 0 N–H and O–H groups in total. The van der Waals surface area contributed by atoms with Crippen molar-refractivity contribution in [1.82, 2.24) is 14.5 Å². The van der Waals surface area contributed by atoms with E-state index in [1.54, 1.807) is 12.5 Å². The van der Waals surface area contributed by atoms with Crippen LogP contribution in [-0.2, 0) is 0 Å². The Balaban J connectivity index is 1.76. The average Bonchev–Trinajstić information content (AvgIpc) is 3.43. The number of pyridine rings is 1. The van der Waals surface area contributed by atoms with Crippen LogP contribution in [0.3, 0.4) is 0 Å². The van der Waals surface area contributed by atoms with Crippen molar-refractivity contribution in [2.24, 2.45) is 4.99 Å². The Morgan fingerprint density at radius 2 is 1.91 bits per heavy atom. The molecule has 1 atom stereocenters. The first-order valence-corrected chi connectivity index (χ1v) is 14.2. The maximum absolute atomic E-state index is 5.66. The van der Waals surface area contributed by atoms with Crippen LogP contribution in [0.5, 0.6) is 0 Å². The molecule has 6 heteroatoms. The predicted octanol–water partition coefficient (Wildman–Crippen LogP) is 5.67. The van der Waals surface area contributed by atoms with Crippen molar-refractivity contribution >= 4 is 13.8 Å². The average molecular weight is 437 g/mol. The van der Waals surface area contributed by atoms with Crippen LogP contribution in [-0.4, -0.2) is 28.3 Å². The molecule has 1 aliphatic rings. The van der Waals surface area contributed by atoms with Gasteiger partial charge >= 0.3 is 0 Å². The van der Waals surface area contributed by atoms with Gasteiger partial charge in [0.15, 0.2) is 5.76 Å². The lowest BCUT2D eigenvalue weighted by Gasteiger charge is -2.12. The largest absolute Gasteiger partial charge is 0.463 e. The molecular formula is C26H24N4OSi. The minimum Gasteiger partial charge on any atom is -0.463 e. The van der Waals surface area contributed by atoms with E-state index in [1.165, 1.54) is 0 Å². The van der Waals surface area contributed by atoms with E-state index in [1.807, 2.05) is 36.7 Å². The number of imidazole rings is 1. The topological polar surface area (TPSA) is 56.2 Å². The fraction of sp³-hybridized carbons (Fsp3) is 0.192. The number of rotatable bonds is 2. The maximum atomic E-state index is 5.66. The van der Waals surface area contributed by atoms with Crippen molar-refractivity contribution in [3.05, 3.63) is 89.8 Å². The van der Waals surface area contributed by atoms with Gasteiger partial charge in [-0.1, -0.05) is 31.6 Å². The summed E-state index contributed by atoms with van der Waals surface area (Å²) in [5.74, 6) is 4.12. The quantitative estimate of drug-likeness (QED) is 0.301. The minimum absolute atomic E-state index is 0.140. The van der Waals surface area contributed by atoms with Crippen LogP contribution in [0, 0.1) is 11.5 Å². The van der Waals surface area contributed by atoms with E-state index >= 15 is 0 Å². The van der Waals surface area contributed by atoms with Crippen molar-refractivity contribution in [3.8, 4) is 28.6 Å². The van der Waals surface area contributed by atoms with Crippen LogP contribution < -0.4 is 0 Å². The number of aromatic nitrogens is 3. The molecule has 0 spiro atoms. The highest BCUT2D eigenvalue weighted by Crippen LogP contribution is 2.36. The Morgan fingerprint density at radius 1 is 1.03 bits per heavy atom. The van der Waals surface area contributed by atoms with Gasteiger partial charge in [-0.2, -0.15) is 0 Å². The van der Waals surface area contributed by atoms with Crippen LogP contribution in [0.25, 0.3) is 17.1 Å². The van der Waals surface area contributed by atoms with Crippen LogP contribution >= 0.6 is 0 Å². The van der Waals surface area contributed by atoms with E-state index in [0.29, 0.717) is 0 Å². The summed E-state index contributed by atoms with van der Waals surface area (Å²) in [6, 6.07) is 15.9. The van der Waals surface area contributed by atoms with Gasteiger partial charge in [0.25, 0.3) is 0 Å². The summed E-state index contributed by atoms with van der Waals surface area (Å²) in [4.78, 5) is 14.4. The number of fused-ring (bicyclic) bond motifs is 3. The van der Waals surface area contributed by atoms with Gasteiger partial charge in [0.1, 0.15) is 20.1 Å². The molecule has 5 nitrogen and oxygen atoms in total. The first kappa shape index (κ1) is 20.2. The highest BCUT2D eigenvalue weighted by atomic mass is 28.3. The predicted molar refractivity (Wildman–Crippen MR) is 130 cm³/mol. The number of furan rings is 1. The molecule has 0 unspecified atom stereocenters. The smallest absolute Gasteiger partial charge is 0.154 e. The fourth-order valence-electron chi connectivity index (χ4n) is 3.86. The minimum atomic E-state index is -1.49. The summed E-state index contributed by atoms with van der Waals surface area (Å²) in [6.07, 6.45) is 5.33. The van der Waals surface area contributed by atoms with Crippen molar-refractivity contribution in [2.45, 2.75) is 32.6 Å². The summed E-state index contributed by atoms with van der Waals surface area (Å²) in [7, 11) is -1.49. The lowest BCUT2D eigenvalue weighted by molar-refractivity contribution is 0.578. The molecule has 4 heterocycles. The molecule has 1 aromatic carbocycles. The van der Waals surface area contributed by atoms with E-state index in [0.717, 1.165) is 45.4 Å². The third-order valence-corrected chi connectivity index (χ3v) is 6.15. The van der Waals surface area contributed by atoms with E-state index in [2.05, 4.69) is 70.8 Å². The Hall–Kier alpha value is -3.69. The normalized spacial score (nSPS) is 15.1. The molecule has 0 aliphatic carbocycles. The zero-order valence-corrected chi connectivity index (χ0v) is 19.6. The second-order valence-corrected chi connectivity index (χ2v) is 13.7. The second-order valence-electron chi connectivity index (χ2n) is 8.93. The Kier molecular flexibility index (Phi) is 4.91. The van der Waals surface area contributed by atoms with E-state index in [4.69, 9.17) is 9.41 Å². The molecule has 5 rings (SSSR count). The molecule has 1 aliphatic heterocycles. The highest BCUT2D eigenvalue weighted by molar-refractivity contribution is 6.83. The van der Waals surface area contributed by atoms with Gasteiger partial charge < -0.3 is 4.42 Å². The molecule has 0 saturated heterocycles. The lowest BCUT2D eigenvalue weighted by Crippen LogP contribution is -2.16. The number of aliphatic imine (C=N–C) groups is 1. The third-order valence-electron chi connectivity index (χ3n) is 5.28. The highest BCUT2D eigenvalue weighted by Gasteiger charge is 2.27. The lowest BCUT2D eigenvalue weighted by atomic mass is 10.0. The van der Waals surface area contributed by atoms with Crippen molar-refractivity contribution in [3.63, 3.8) is 0 Å². The number of hydrogen-bond acceptors (Lipinski definition) is 4. The molecule has 3 aromatic heterocycles. The van der Waals surface area contributed by atoms with Gasteiger partial charge in [-0.25, -0.2) is 4.98 Å². The van der Waals surface area contributed by atoms with Gasteiger partial charge in [0.2, 0.25) is 0 Å². The second kappa shape index (κ2) is 7.77. The summed E-state index contributed by atoms with van der Waals surface area (Å²) in [5, 5.41) is 0. The van der Waals surface area contributed by atoms with E-state index in [-0.39, 0.29) is 6.04 Å². The van der Waals surface area contributed by atoms with Gasteiger partial charge in [-0.15, -0.1) is 5.54 Å². The van der Waals surface area contributed by atoms with E-state index < -0.39 is 8.07 Å². The summed E-state index contributed by atoms with van der Waals surface area (Å²) < 4.78 is 7.78. The van der Waals surface area contributed by atoms with Gasteiger partial charge in [0.05, 0.1) is 35.1 Å². The summed E-state index contributed by atoms with van der Waals surface area (Å²) >= 11 is 0. The molecule has 0 fully saturated rings. The van der Waals surface area contributed by atoms with Crippen LogP contribution in [0.2, 0.25) is 19.6 Å². The molecule has 4 aromatic rings. The third kappa shape index (κ3) is 3.72. The number of hydrogen-bond donors (Lipinski definition) is 0. The number of nitrogens with zero attached hydrogens (tertiary/aromatic N) is 4. The number of benzene rings is 1. The van der Waals surface area contributed by atoms with Gasteiger partial charge in [-0.05, 0) is 49.4 Å². The molecular weight excluding hydrogens is 412 g/mol. The molecule has 0 amide bonds. The molecule has 0 saturated carbocycles.